The number of benzene rings is 1. The first kappa shape index (κ1) is 64.2. The van der Waals surface area contributed by atoms with Crippen LogP contribution in [0, 0.1) is 10.8 Å². The quantitative estimate of drug-likeness (QED) is 0.0526. The average Bonchev–Trinajstić information content (AvgIpc) is 3.94. The molecule has 2 aliphatic heterocycles. The van der Waals surface area contributed by atoms with Gasteiger partial charge in [0.25, 0.3) is 0 Å². The van der Waals surface area contributed by atoms with E-state index in [-0.39, 0.29) is 10.8 Å². The summed E-state index contributed by atoms with van der Waals surface area (Å²) in [5.41, 5.74) is 2.11. The van der Waals surface area contributed by atoms with Gasteiger partial charge in [0.15, 0.2) is 23.0 Å². The van der Waals surface area contributed by atoms with Gasteiger partial charge in [0.1, 0.15) is 11.5 Å². The van der Waals surface area contributed by atoms with Crippen LogP contribution in [0.5, 0.6) is 34.5 Å². The van der Waals surface area contributed by atoms with E-state index in [1.807, 2.05) is 0 Å². The van der Waals surface area contributed by atoms with Gasteiger partial charge in [0.2, 0.25) is 0 Å². The molecule has 0 spiro atoms. The molecule has 5 rings (SSSR count). The maximum absolute atomic E-state index is 7.13. The van der Waals surface area contributed by atoms with Gasteiger partial charge >= 0.3 is 0 Å². The number of hydrogen-bond donors (Lipinski definition) is 0. The van der Waals surface area contributed by atoms with Gasteiger partial charge in [0, 0.05) is 32.7 Å². The lowest BCUT2D eigenvalue weighted by Crippen LogP contribution is -2.33. The molecule has 2 aromatic heterocycles. The Balaban J connectivity index is 1.47. The Kier molecular flexibility index (Phi) is 32.9. The van der Waals surface area contributed by atoms with Crippen LogP contribution < -0.4 is 28.4 Å². The van der Waals surface area contributed by atoms with Crippen LogP contribution in [0.15, 0.2) is 22.9 Å². The van der Waals surface area contributed by atoms with Crippen molar-refractivity contribution in [3.8, 4) is 55.4 Å². The van der Waals surface area contributed by atoms with Gasteiger partial charge in [-0.2, -0.15) is 0 Å². The number of unbranched alkanes of at least 4 members (excludes halogenated alkanes) is 30. The smallest absolute Gasteiger partial charge is 0.179 e. The van der Waals surface area contributed by atoms with Gasteiger partial charge < -0.3 is 28.4 Å². The first-order chi connectivity index (χ1) is 37.5. The van der Waals surface area contributed by atoms with Gasteiger partial charge in [-0.15, -0.1) is 22.7 Å². The molecule has 0 saturated carbocycles. The van der Waals surface area contributed by atoms with Crippen molar-refractivity contribution in [3.05, 3.63) is 22.9 Å². The van der Waals surface area contributed by atoms with Crippen LogP contribution in [-0.2, 0) is 0 Å². The van der Waals surface area contributed by atoms with Gasteiger partial charge in [-0.3, -0.25) is 0 Å². The lowest BCUT2D eigenvalue weighted by atomic mass is 9.79. The molecule has 0 N–H and O–H groups in total. The molecule has 0 radical (unpaired) electrons. The SMILES string of the molecule is CCCCCCCCCCCCOc1cc(-c2scc3c2OCC(CCCCCC)(CCCCCC)CO3)c(OCCCCCCCCCCCC)cc1-c1scc2c1OCC(CCCCCC)(CCCCCC)CO2. The molecule has 434 valence electrons. The lowest BCUT2D eigenvalue weighted by molar-refractivity contribution is 0.0784. The summed E-state index contributed by atoms with van der Waals surface area (Å²) < 4.78 is 42.2. The number of rotatable bonds is 46. The highest BCUT2D eigenvalue weighted by Gasteiger charge is 2.38. The van der Waals surface area contributed by atoms with Gasteiger partial charge in [-0.05, 0) is 50.7 Å². The monoisotopic (exact) mass is 1090 g/mol. The fourth-order valence-electron chi connectivity index (χ4n) is 11.7. The molecule has 0 unspecified atom stereocenters. The summed E-state index contributed by atoms with van der Waals surface area (Å²) in [5.74, 6) is 5.28. The molecular weight excluding hydrogens is 977 g/mol. The maximum atomic E-state index is 7.13. The van der Waals surface area contributed by atoms with E-state index in [2.05, 4.69) is 64.4 Å². The van der Waals surface area contributed by atoms with Crippen LogP contribution in [0.1, 0.15) is 298 Å². The second-order valence-corrected chi connectivity index (χ2v) is 25.6. The molecule has 3 aromatic rings. The van der Waals surface area contributed by atoms with Crippen molar-refractivity contribution in [1.29, 1.82) is 0 Å². The van der Waals surface area contributed by atoms with Crippen LogP contribution in [-0.4, -0.2) is 39.6 Å². The topological polar surface area (TPSA) is 55.4 Å². The molecule has 2 aliphatic rings. The normalized spacial score (nSPS) is 14.7. The van der Waals surface area contributed by atoms with Crippen molar-refractivity contribution in [2.75, 3.05) is 39.6 Å². The standard InChI is InChI=1S/C68H114O6S2/c1-7-13-19-25-27-29-31-33-35-41-47-69-59-49-58(66-64-62(52-76-66)72-54-68(56-74-64,45-39-23-17-11-5)46-40-24-18-12-6)60(70-48-42-36-34-32-30-28-26-20-14-8-2)50-57(59)65-63-61(51-75-65)71-53-67(55-73-63,43-37-21-15-9-3)44-38-22-16-10-4/h49-52H,7-48,53-56H2,1-6H3. The maximum Gasteiger partial charge on any atom is 0.179 e. The number of ether oxygens (including phenoxy) is 6. The third kappa shape index (κ3) is 22.5. The number of hydrogen-bond acceptors (Lipinski definition) is 8. The summed E-state index contributed by atoms with van der Waals surface area (Å²) in [6, 6.07) is 4.58. The van der Waals surface area contributed by atoms with Crippen molar-refractivity contribution < 1.29 is 28.4 Å². The van der Waals surface area contributed by atoms with E-state index < -0.39 is 0 Å². The van der Waals surface area contributed by atoms with E-state index in [0.717, 1.165) is 93.9 Å². The van der Waals surface area contributed by atoms with Crippen LogP contribution in [0.2, 0.25) is 0 Å². The highest BCUT2D eigenvalue weighted by atomic mass is 32.1. The zero-order chi connectivity index (χ0) is 53.8. The zero-order valence-corrected chi connectivity index (χ0v) is 51.7. The zero-order valence-electron chi connectivity index (χ0n) is 50.1. The van der Waals surface area contributed by atoms with Crippen molar-refractivity contribution in [2.45, 2.75) is 298 Å². The van der Waals surface area contributed by atoms with E-state index in [1.165, 1.54) is 218 Å². The Labute approximate surface area is 475 Å². The highest BCUT2D eigenvalue weighted by molar-refractivity contribution is 7.14. The molecule has 0 saturated heterocycles. The molecule has 0 atom stereocenters. The fraction of sp³-hybridized carbons (Fsp3) is 0.794. The van der Waals surface area contributed by atoms with E-state index >= 15 is 0 Å². The van der Waals surface area contributed by atoms with Crippen LogP contribution in [0.4, 0.5) is 0 Å². The van der Waals surface area contributed by atoms with Crippen LogP contribution in [0.25, 0.3) is 20.9 Å². The predicted molar refractivity (Wildman–Crippen MR) is 330 cm³/mol. The Hall–Kier alpha value is -2.58. The van der Waals surface area contributed by atoms with Gasteiger partial charge in [-0.25, -0.2) is 0 Å². The van der Waals surface area contributed by atoms with Gasteiger partial charge in [-0.1, -0.05) is 260 Å². The molecule has 0 amide bonds. The van der Waals surface area contributed by atoms with Crippen molar-refractivity contribution in [2.24, 2.45) is 10.8 Å². The molecule has 6 nitrogen and oxygen atoms in total. The fourth-order valence-corrected chi connectivity index (χ4v) is 13.6. The summed E-state index contributed by atoms with van der Waals surface area (Å²) in [4.78, 5) is 2.16. The minimum Gasteiger partial charge on any atom is -0.493 e. The molecule has 0 aliphatic carbocycles. The molecular formula is C68H114O6S2. The summed E-state index contributed by atoms with van der Waals surface area (Å²) >= 11 is 3.45. The number of thiophene rings is 2. The molecule has 0 bridgehead atoms. The van der Waals surface area contributed by atoms with E-state index in [9.17, 15) is 0 Å². The first-order valence-electron chi connectivity index (χ1n) is 32.6. The summed E-state index contributed by atoms with van der Waals surface area (Å²) in [6.45, 7) is 18.0. The lowest BCUT2D eigenvalue weighted by Gasteiger charge is -2.31. The van der Waals surface area contributed by atoms with Crippen molar-refractivity contribution >= 4 is 22.7 Å². The molecule has 76 heavy (non-hydrogen) atoms. The Morgan fingerprint density at radius 2 is 0.605 bits per heavy atom. The first-order valence-corrected chi connectivity index (χ1v) is 34.4. The molecule has 4 heterocycles. The number of fused-ring (bicyclic) bond motifs is 2. The van der Waals surface area contributed by atoms with E-state index in [4.69, 9.17) is 28.4 Å². The van der Waals surface area contributed by atoms with Crippen molar-refractivity contribution in [3.63, 3.8) is 0 Å². The summed E-state index contributed by atoms with van der Waals surface area (Å²) in [5, 5.41) is 4.39. The Morgan fingerprint density at radius 3 is 0.908 bits per heavy atom. The van der Waals surface area contributed by atoms with Crippen molar-refractivity contribution in [1.82, 2.24) is 0 Å². The molecule has 0 fully saturated rings. The summed E-state index contributed by atoms with van der Waals surface area (Å²) in [6.07, 6.45) is 50.7. The van der Waals surface area contributed by atoms with Gasteiger partial charge in [0.05, 0.1) is 49.4 Å². The Bertz CT molecular complexity index is 1760. The van der Waals surface area contributed by atoms with E-state index in [1.54, 1.807) is 22.7 Å². The average molecular weight is 1090 g/mol. The summed E-state index contributed by atoms with van der Waals surface area (Å²) in [7, 11) is 0. The third-order valence-electron chi connectivity index (χ3n) is 16.9. The minimum absolute atomic E-state index is 0.0130. The second-order valence-electron chi connectivity index (χ2n) is 23.8. The predicted octanol–water partition coefficient (Wildman–Crippen LogP) is 23.1. The second kappa shape index (κ2) is 38.9. The largest absolute Gasteiger partial charge is 0.493 e. The van der Waals surface area contributed by atoms with E-state index in [0.29, 0.717) is 39.6 Å². The third-order valence-corrected chi connectivity index (χ3v) is 18.8. The van der Waals surface area contributed by atoms with Crippen LogP contribution in [0.3, 0.4) is 0 Å². The molecule has 8 heteroatoms. The molecule has 1 aromatic carbocycles. The minimum atomic E-state index is 0.0130. The highest BCUT2D eigenvalue weighted by Crippen LogP contribution is 2.55. The van der Waals surface area contributed by atoms with Crippen LogP contribution >= 0.6 is 22.7 Å². The Morgan fingerprint density at radius 1 is 0.342 bits per heavy atom.